The summed E-state index contributed by atoms with van der Waals surface area (Å²) in [5.74, 6) is 1.74. The van der Waals surface area contributed by atoms with Gasteiger partial charge in [0.25, 0.3) is 0 Å². The Labute approximate surface area is 139 Å². The van der Waals surface area contributed by atoms with Crippen molar-refractivity contribution in [1.82, 2.24) is 5.32 Å². The van der Waals surface area contributed by atoms with E-state index in [1.54, 1.807) is 0 Å². The molecular formula is C15H19NO5S2. The number of fused-ring (bicyclic) bond motifs is 1. The van der Waals surface area contributed by atoms with Crippen molar-refractivity contribution in [3.8, 4) is 11.5 Å². The second-order valence-corrected chi connectivity index (χ2v) is 8.89. The van der Waals surface area contributed by atoms with Gasteiger partial charge in [0.1, 0.15) is 0 Å². The summed E-state index contributed by atoms with van der Waals surface area (Å²) in [5, 5.41) is 2.78. The van der Waals surface area contributed by atoms with Crippen LogP contribution in [0.15, 0.2) is 23.1 Å². The molecule has 23 heavy (non-hydrogen) atoms. The summed E-state index contributed by atoms with van der Waals surface area (Å²) >= 11 is 1.39. The number of carbonyl (C=O) groups excluding carboxylic acids is 1. The minimum Gasteiger partial charge on any atom is -0.490 e. The van der Waals surface area contributed by atoms with Crippen molar-refractivity contribution >= 4 is 27.5 Å². The van der Waals surface area contributed by atoms with Crippen molar-refractivity contribution in [1.29, 1.82) is 0 Å². The number of benzene rings is 1. The van der Waals surface area contributed by atoms with E-state index in [-0.39, 0.29) is 29.2 Å². The maximum atomic E-state index is 11.9. The van der Waals surface area contributed by atoms with Crippen molar-refractivity contribution < 1.29 is 22.7 Å². The lowest BCUT2D eigenvalue weighted by Crippen LogP contribution is -2.36. The van der Waals surface area contributed by atoms with Crippen LogP contribution in [-0.2, 0) is 14.6 Å². The van der Waals surface area contributed by atoms with Crippen LogP contribution in [0.3, 0.4) is 0 Å². The quantitative estimate of drug-likeness (QED) is 0.817. The van der Waals surface area contributed by atoms with E-state index >= 15 is 0 Å². The molecule has 0 unspecified atom stereocenters. The van der Waals surface area contributed by atoms with Crippen molar-refractivity contribution in [3.63, 3.8) is 0 Å². The Hall–Kier alpha value is -1.41. The van der Waals surface area contributed by atoms with E-state index < -0.39 is 9.84 Å². The highest BCUT2D eigenvalue weighted by atomic mass is 32.2. The molecule has 126 valence electrons. The van der Waals surface area contributed by atoms with Gasteiger partial charge in [-0.15, -0.1) is 11.8 Å². The second-order valence-electron chi connectivity index (χ2n) is 5.62. The highest BCUT2D eigenvalue weighted by molar-refractivity contribution is 8.00. The van der Waals surface area contributed by atoms with Crippen molar-refractivity contribution in [3.05, 3.63) is 18.2 Å². The number of hydrogen-bond donors (Lipinski definition) is 1. The molecule has 6 nitrogen and oxygen atoms in total. The lowest BCUT2D eigenvalue weighted by atomic mass is 10.3. The second kappa shape index (κ2) is 7.00. The van der Waals surface area contributed by atoms with E-state index in [1.165, 1.54) is 11.8 Å². The van der Waals surface area contributed by atoms with E-state index in [0.29, 0.717) is 25.4 Å². The van der Waals surface area contributed by atoms with E-state index in [1.807, 2.05) is 18.2 Å². The van der Waals surface area contributed by atoms with Gasteiger partial charge >= 0.3 is 0 Å². The van der Waals surface area contributed by atoms with Crippen molar-refractivity contribution in [2.24, 2.45) is 0 Å². The predicted octanol–water partition coefficient (Wildman–Crippen LogP) is 1.24. The molecule has 1 aromatic carbocycles. The number of sulfone groups is 1. The van der Waals surface area contributed by atoms with Crippen LogP contribution in [0.1, 0.15) is 12.8 Å². The third kappa shape index (κ3) is 4.54. The molecule has 1 saturated heterocycles. The number of hydrogen-bond acceptors (Lipinski definition) is 6. The number of thioether (sulfide) groups is 1. The zero-order valence-corrected chi connectivity index (χ0v) is 14.2. The fourth-order valence-electron chi connectivity index (χ4n) is 2.56. The molecule has 1 atom stereocenters. The first kappa shape index (κ1) is 16.4. The van der Waals surface area contributed by atoms with Gasteiger partial charge in [-0.2, -0.15) is 0 Å². The third-order valence-corrected chi connectivity index (χ3v) is 6.45. The Bertz CT molecular complexity index is 689. The van der Waals surface area contributed by atoms with Gasteiger partial charge in [-0.3, -0.25) is 4.79 Å². The van der Waals surface area contributed by atoms with Crippen LogP contribution in [0.25, 0.3) is 0 Å². The first-order chi connectivity index (χ1) is 11.0. The molecule has 8 heteroatoms. The minimum atomic E-state index is -2.97. The zero-order chi connectivity index (χ0) is 16.3. The van der Waals surface area contributed by atoms with Gasteiger partial charge < -0.3 is 14.8 Å². The van der Waals surface area contributed by atoms with Crippen molar-refractivity contribution in [2.75, 3.05) is 30.5 Å². The highest BCUT2D eigenvalue weighted by Crippen LogP contribution is 2.33. The molecule has 0 bridgehead atoms. The van der Waals surface area contributed by atoms with Crippen LogP contribution < -0.4 is 14.8 Å². The number of rotatable bonds is 4. The molecule has 1 aromatic rings. The smallest absolute Gasteiger partial charge is 0.230 e. The van der Waals surface area contributed by atoms with Gasteiger partial charge in [-0.05, 0) is 24.6 Å². The van der Waals surface area contributed by atoms with Crippen LogP contribution in [0.5, 0.6) is 11.5 Å². The Morgan fingerprint density at radius 3 is 2.78 bits per heavy atom. The maximum Gasteiger partial charge on any atom is 0.230 e. The largest absolute Gasteiger partial charge is 0.490 e. The molecule has 3 rings (SSSR count). The normalized spacial score (nSPS) is 22.3. The molecule has 2 aliphatic rings. The number of amides is 1. The average Bonchev–Trinajstić information content (AvgIpc) is 2.72. The molecule has 1 N–H and O–H groups in total. The molecule has 2 heterocycles. The minimum absolute atomic E-state index is 0.0490. The summed E-state index contributed by atoms with van der Waals surface area (Å²) in [6.45, 7) is 1.27. The van der Waals surface area contributed by atoms with Crippen LogP contribution in [0, 0.1) is 0 Å². The molecule has 1 amide bonds. The fraction of sp³-hybridized carbons (Fsp3) is 0.533. The van der Waals surface area contributed by atoms with Gasteiger partial charge in [0.05, 0.1) is 30.5 Å². The van der Waals surface area contributed by atoms with Gasteiger partial charge in [-0.25, -0.2) is 8.42 Å². The van der Waals surface area contributed by atoms with E-state index in [9.17, 15) is 13.2 Å². The van der Waals surface area contributed by atoms with E-state index in [4.69, 9.17) is 9.47 Å². The lowest BCUT2D eigenvalue weighted by Gasteiger charge is -2.11. The monoisotopic (exact) mass is 357 g/mol. The standard InChI is InChI=1S/C15H19NO5S2/c17-15(16-11-4-7-23(18,19)10-11)9-22-12-2-3-13-14(8-12)21-6-1-5-20-13/h2-3,8,11H,1,4-7,9-10H2,(H,16,17)/t11-/m1/s1. The molecule has 0 aromatic heterocycles. The summed E-state index contributed by atoms with van der Waals surface area (Å²) in [6, 6.07) is 5.37. The summed E-state index contributed by atoms with van der Waals surface area (Å²) < 4.78 is 34.0. The molecule has 0 aliphatic carbocycles. The molecule has 0 saturated carbocycles. The number of nitrogens with one attached hydrogen (secondary N) is 1. The molecular weight excluding hydrogens is 338 g/mol. The Morgan fingerprint density at radius 2 is 2.04 bits per heavy atom. The third-order valence-electron chi connectivity index (χ3n) is 3.69. The van der Waals surface area contributed by atoms with E-state index in [0.717, 1.165) is 17.1 Å². The average molecular weight is 357 g/mol. The first-order valence-corrected chi connectivity index (χ1v) is 10.3. The fourth-order valence-corrected chi connectivity index (χ4v) is 4.97. The summed E-state index contributed by atoms with van der Waals surface area (Å²) in [5.41, 5.74) is 0. The Morgan fingerprint density at radius 1 is 1.26 bits per heavy atom. The predicted molar refractivity (Wildman–Crippen MR) is 88.0 cm³/mol. The number of ether oxygens (including phenoxy) is 2. The molecule has 2 aliphatic heterocycles. The SMILES string of the molecule is O=C(CSc1ccc2c(c1)OCCCO2)N[C@@H]1CCS(=O)(=O)C1. The van der Waals surface area contributed by atoms with Gasteiger partial charge in [0.15, 0.2) is 21.3 Å². The zero-order valence-electron chi connectivity index (χ0n) is 12.6. The number of carbonyl (C=O) groups is 1. The van der Waals surface area contributed by atoms with Crippen LogP contribution in [0.4, 0.5) is 0 Å². The molecule has 0 radical (unpaired) electrons. The summed E-state index contributed by atoms with van der Waals surface area (Å²) in [6.07, 6.45) is 1.35. The van der Waals surface area contributed by atoms with Crippen LogP contribution in [-0.4, -0.2) is 50.8 Å². The maximum absolute atomic E-state index is 11.9. The molecule has 0 spiro atoms. The van der Waals surface area contributed by atoms with Crippen LogP contribution in [0.2, 0.25) is 0 Å². The van der Waals surface area contributed by atoms with Gasteiger partial charge in [0, 0.05) is 17.4 Å². The Kier molecular flexibility index (Phi) is 5.01. The molecule has 1 fully saturated rings. The first-order valence-electron chi connectivity index (χ1n) is 7.54. The van der Waals surface area contributed by atoms with E-state index in [2.05, 4.69) is 5.32 Å². The van der Waals surface area contributed by atoms with Gasteiger partial charge in [0.2, 0.25) is 5.91 Å². The summed E-state index contributed by atoms with van der Waals surface area (Å²) in [4.78, 5) is 12.9. The van der Waals surface area contributed by atoms with Crippen molar-refractivity contribution in [2.45, 2.75) is 23.8 Å². The Balaban J connectivity index is 1.52. The van der Waals surface area contributed by atoms with Gasteiger partial charge in [-0.1, -0.05) is 0 Å². The lowest BCUT2D eigenvalue weighted by molar-refractivity contribution is -0.119. The van der Waals surface area contributed by atoms with Crippen LogP contribution >= 0.6 is 11.8 Å². The topological polar surface area (TPSA) is 81.7 Å². The highest BCUT2D eigenvalue weighted by Gasteiger charge is 2.28. The summed E-state index contributed by atoms with van der Waals surface area (Å²) in [7, 11) is -2.97.